The van der Waals surface area contributed by atoms with Crippen LogP contribution in [0.25, 0.3) is 11.1 Å². The van der Waals surface area contributed by atoms with Crippen LogP contribution < -0.4 is 0 Å². The lowest BCUT2D eigenvalue weighted by Gasteiger charge is -2.06. The van der Waals surface area contributed by atoms with E-state index in [0.29, 0.717) is 0 Å². The second-order valence-electron chi connectivity index (χ2n) is 3.85. The zero-order chi connectivity index (χ0) is 14.9. The van der Waals surface area contributed by atoms with Crippen LogP contribution in [0.15, 0.2) is 36.4 Å². The van der Waals surface area contributed by atoms with Crippen molar-refractivity contribution in [3.63, 3.8) is 0 Å². The lowest BCUT2D eigenvalue weighted by Crippen LogP contribution is -1.99. The van der Waals surface area contributed by atoms with Gasteiger partial charge in [-0.25, -0.2) is 0 Å². The Labute approximate surface area is 126 Å². The lowest BCUT2D eigenvalue weighted by atomic mass is 10.0. The highest BCUT2D eigenvalue weighted by Gasteiger charge is 2.29. The molecule has 20 heavy (non-hydrogen) atoms. The highest BCUT2D eigenvalue weighted by atomic mass is 127. The van der Waals surface area contributed by atoms with E-state index < -0.39 is 21.2 Å². The van der Waals surface area contributed by atoms with Crippen LogP contribution in [0, 0.1) is 23.8 Å². The first-order valence-corrected chi connectivity index (χ1v) is 6.40. The number of hydrogen-bond acceptors (Lipinski definition) is 5. The molecule has 0 bridgehead atoms. The largest absolute Gasteiger partial charge is 0.507 e. The van der Waals surface area contributed by atoms with Gasteiger partial charge in [0.1, 0.15) is 5.75 Å². The monoisotopic (exact) mass is 386 g/mol. The summed E-state index contributed by atoms with van der Waals surface area (Å²) < 4.78 is 0.746. The van der Waals surface area contributed by atoms with E-state index in [9.17, 15) is 25.3 Å². The van der Waals surface area contributed by atoms with Crippen molar-refractivity contribution in [2.75, 3.05) is 0 Å². The minimum Gasteiger partial charge on any atom is -0.507 e. The van der Waals surface area contributed by atoms with Crippen molar-refractivity contribution in [3.05, 3.63) is 60.2 Å². The summed E-state index contributed by atoms with van der Waals surface area (Å²) in [5, 5.41) is 31.9. The number of aromatic hydroxyl groups is 1. The molecule has 0 radical (unpaired) electrons. The maximum atomic E-state index is 11.1. The van der Waals surface area contributed by atoms with Gasteiger partial charge < -0.3 is 5.11 Å². The molecule has 0 atom stereocenters. The number of para-hydroxylation sites is 1. The number of hydrogen-bond donors (Lipinski definition) is 1. The van der Waals surface area contributed by atoms with Crippen molar-refractivity contribution in [1.82, 2.24) is 0 Å². The second-order valence-corrected chi connectivity index (χ2v) is 5.09. The van der Waals surface area contributed by atoms with Crippen molar-refractivity contribution >= 4 is 34.0 Å². The minimum absolute atomic E-state index is 0.0141. The minimum atomic E-state index is -0.813. The van der Waals surface area contributed by atoms with Gasteiger partial charge in [-0.15, -0.1) is 0 Å². The number of nitrogens with zero attached hydrogens (tertiary/aromatic N) is 2. The quantitative estimate of drug-likeness (QED) is 0.494. The zero-order valence-electron chi connectivity index (χ0n) is 9.82. The van der Waals surface area contributed by atoms with Crippen LogP contribution in [0.3, 0.4) is 0 Å². The Kier molecular flexibility index (Phi) is 3.84. The molecule has 1 N–H and O–H groups in total. The predicted octanol–water partition coefficient (Wildman–Crippen LogP) is 3.48. The van der Waals surface area contributed by atoms with E-state index in [1.807, 2.05) is 22.6 Å². The van der Waals surface area contributed by atoms with Gasteiger partial charge in [0.25, 0.3) is 0 Å². The summed E-state index contributed by atoms with van der Waals surface area (Å²) in [6.45, 7) is 0. The molecule has 0 heterocycles. The summed E-state index contributed by atoms with van der Waals surface area (Å²) in [5.74, 6) is -0.172. The number of phenols is 1. The molecule has 2 rings (SSSR count). The summed E-state index contributed by atoms with van der Waals surface area (Å²) in [6.07, 6.45) is 0. The molecule has 0 spiro atoms. The van der Waals surface area contributed by atoms with Crippen LogP contribution in [0.5, 0.6) is 5.75 Å². The third-order valence-electron chi connectivity index (χ3n) is 2.64. The van der Waals surface area contributed by atoms with Gasteiger partial charge in [0.05, 0.1) is 15.4 Å². The molecule has 0 saturated heterocycles. The van der Waals surface area contributed by atoms with Gasteiger partial charge in [-0.3, -0.25) is 20.2 Å². The molecule has 7 nitrogen and oxygen atoms in total. The number of benzene rings is 2. The molecule has 0 unspecified atom stereocenters. The second kappa shape index (κ2) is 5.41. The number of nitro groups is 2. The van der Waals surface area contributed by atoms with Crippen LogP contribution in [-0.2, 0) is 0 Å². The first-order chi connectivity index (χ1) is 9.41. The van der Waals surface area contributed by atoms with E-state index in [-0.39, 0.29) is 16.9 Å². The predicted molar refractivity (Wildman–Crippen MR) is 79.6 cm³/mol. The Bertz CT molecular complexity index is 717. The van der Waals surface area contributed by atoms with Crippen LogP contribution >= 0.6 is 22.6 Å². The summed E-state index contributed by atoms with van der Waals surface area (Å²) in [4.78, 5) is 20.4. The standard InChI is InChI=1S/C12H7IN2O5/c13-7-4-5-11(16)9(6-7)8-2-1-3-10(14(17)18)12(8)15(19)20/h1-6,16H. The van der Waals surface area contributed by atoms with Gasteiger partial charge in [0.2, 0.25) is 0 Å². The third kappa shape index (κ3) is 2.54. The van der Waals surface area contributed by atoms with Crippen molar-refractivity contribution < 1.29 is 15.0 Å². The fourth-order valence-electron chi connectivity index (χ4n) is 1.81. The Morgan fingerprint density at radius 1 is 1.00 bits per heavy atom. The van der Waals surface area contributed by atoms with Crippen LogP contribution in [0.1, 0.15) is 0 Å². The fraction of sp³-hybridized carbons (Fsp3) is 0. The van der Waals surface area contributed by atoms with Gasteiger partial charge in [-0.2, -0.15) is 0 Å². The fourth-order valence-corrected chi connectivity index (χ4v) is 2.30. The van der Waals surface area contributed by atoms with Crippen molar-refractivity contribution in [2.45, 2.75) is 0 Å². The van der Waals surface area contributed by atoms with Crippen LogP contribution in [-0.4, -0.2) is 15.0 Å². The molecule has 0 saturated carbocycles. The first-order valence-electron chi connectivity index (χ1n) is 5.32. The summed E-state index contributed by atoms with van der Waals surface area (Å²) in [6, 6.07) is 8.33. The number of halogens is 1. The zero-order valence-corrected chi connectivity index (χ0v) is 12.0. The maximum absolute atomic E-state index is 11.1. The van der Waals surface area contributed by atoms with Crippen molar-refractivity contribution in [1.29, 1.82) is 0 Å². The molecule has 2 aromatic carbocycles. The Morgan fingerprint density at radius 2 is 1.70 bits per heavy atom. The number of phenolic OH excluding ortho intramolecular Hbond substituents is 1. The Balaban J connectivity index is 2.80. The molecule has 0 fully saturated rings. The van der Waals surface area contributed by atoms with Gasteiger partial charge >= 0.3 is 11.4 Å². The maximum Gasteiger partial charge on any atom is 0.353 e. The normalized spacial score (nSPS) is 10.2. The molecule has 102 valence electrons. The summed E-state index contributed by atoms with van der Waals surface area (Å²) >= 11 is 1.99. The van der Waals surface area contributed by atoms with E-state index in [0.717, 1.165) is 9.64 Å². The van der Waals surface area contributed by atoms with Crippen LogP contribution in [0.2, 0.25) is 0 Å². The van der Waals surface area contributed by atoms with E-state index in [1.165, 1.54) is 24.3 Å². The molecule has 0 aromatic heterocycles. The highest BCUT2D eigenvalue weighted by molar-refractivity contribution is 14.1. The number of rotatable bonds is 3. The Morgan fingerprint density at radius 3 is 2.30 bits per heavy atom. The van der Waals surface area contributed by atoms with E-state index in [2.05, 4.69) is 0 Å². The van der Waals surface area contributed by atoms with E-state index >= 15 is 0 Å². The van der Waals surface area contributed by atoms with E-state index in [1.54, 1.807) is 6.07 Å². The molecular formula is C12H7IN2O5. The van der Waals surface area contributed by atoms with Crippen LogP contribution in [0.4, 0.5) is 11.4 Å². The molecule has 0 aliphatic carbocycles. The Hall–Kier alpha value is -2.23. The van der Waals surface area contributed by atoms with Gasteiger partial charge in [-0.05, 0) is 46.9 Å². The lowest BCUT2D eigenvalue weighted by molar-refractivity contribution is -0.422. The van der Waals surface area contributed by atoms with E-state index in [4.69, 9.17) is 0 Å². The SMILES string of the molecule is O=[N+]([O-])c1cccc(-c2cc(I)ccc2O)c1[N+](=O)[O-]. The first kappa shape index (κ1) is 14.2. The van der Waals surface area contributed by atoms with Gasteiger partial charge in [0, 0.05) is 15.2 Å². The highest BCUT2D eigenvalue weighted by Crippen LogP contribution is 2.41. The average Bonchev–Trinajstić information content (AvgIpc) is 2.40. The summed E-state index contributed by atoms with van der Waals surface area (Å²) in [7, 11) is 0. The van der Waals surface area contributed by atoms with Gasteiger partial charge in [0.15, 0.2) is 0 Å². The topological polar surface area (TPSA) is 107 Å². The third-order valence-corrected chi connectivity index (χ3v) is 3.31. The number of nitro benzene ring substituents is 2. The smallest absolute Gasteiger partial charge is 0.353 e. The molecule has 8 heteroatoms. The van der Waals surface area contributed by atoms with Gasteiger partial charge in [-0.1, -0.05) is 6.07 Å². The summed E-state index contributed by atoms with van der Waals surface area (Å²) in [5.41, 5.74) is -1.03. The average molecular weight is 386 g/mol. The van der Waals surface area contributed by atoms with Crippen molar-refractivity contribution in [3.8, 4) is 16.9 Å². The molecular weight excluding hydrogens is 379 g/mol. The molecule has 0 amide bonds. The van der Waals surface area contributed by atoms with Crippen molar-refractivity contribution in [2.24, 2.45) is 0 Å². The molecule has 0 aliphatic heterocycles. The molecule has 2 aromatic rings. The molecule has 0 aliphatic rings.